The van der Waals surface area contributed by atoms with E-state index in [4.69, 9.17) is 4.74 Å². The molecule has 1 aliphatic rings. The second kappa shape index (κ2) is 5.13. The standard InChI is InChI=1S/C14H17N3O3/c1-20-7-11(8-5-6-8)15-10-4-2-3-9-12(10)14(19)17-16-13(9)18/h2-4,8,11,15H,5-7H2,1H3,(H,16,18)(H,17,19). The average molecular weight is 275 g/mol. The lowest BCUT2D eigenvalue weighted by Gasteiger charge is -2.19. The molecule has 2 aromatic rings. The highest BCUT2D eigenvalue weighted by Crippen LogP contribution is 2.35. The van der Waals surface area contributed by atoms with Gasteiger partial charge in [0.15, 0.2) is 0 Å². The van der Waals surface area contributed by atoms with Crippen molar-refractivity contribution >= 4 is 16.5 Å². The molecule has 1 aromatic carbocycles. The second-order valence-electron chi connectivity index (χ2n) is 5.18. The highest BCUT2D eigenvalue weighted by molar-refractivity contribution is 5.92. The molecule has 1 saturated carbocycles. The fourth-order valence-electron chi connectivity index (χ4n) is 2.52. The van der Waals surface area contributed by atoms with Gasteiger partial charge in [0.05, 0.1) is 23.4 Å². The van der Waals surface area contributed by atoms with Gasteiger partial charge in [0.25, 0.3) is 11.1 Å². The summed E-state index contributed by atoms with van der Waals surface area (Å²) in [5, 5.41) is 8.86. The lowest BCUT2D eigenvalue weighted by molar-refractivity contribution is 0.179. The van der Waals surface area contributed by atoms with Gasteiger partial charge in [-0.05, 0) is 30.9 Å². The van der Waals surface area contributed by atoms with Crippen molar-refractivity contribution < 1.29 is 4.74 Å². The maximum atomic E-state index is 12.0. The van der Waals surface area contributed by atoms with E-state index in [2.05, 4.69) is 15.5 Å². The first-order valence-electron chi connectivity index (χ1n) is 6.70. The van der Waals surface area contributed by atoms with Gasteiger partial charge < -0.3 is 10.1 Å². The number of fused-ring (bicyclic) bond motifs is 1. The van der Waals surface area contributed by atoms with Crippen LogP contribution in [-0.4, -0.2) is 30.0 Å². The van der Waals surface area contributed by atoms with Crippen molar-refractivity contribution in [1.29, 1.82) is 0 Å². The maximum absolute atomic E-state index is 12.0. The molecule has 0 saturated heterocycles. The fraction of sp³-hybridized carbons (Fsp3) is 0.429. The first kappa shape index (κ1) is 12.9. The Labute approximate surface area is 115 Å². The number of H-pyrrole nitrogens is 2. The zero-order chi connectivity index (χ0) is 14.1. The molecule has 0 aliphatic heterocycles. The fourth-order valence-corrected chi connectivity index (χ4v) is 2.52. The van der Waals surface area contributed by atoms with Crippen LogP contribution in [0.15, 0.2) is 27.8 Å². The molecule has 1 aliphatic carbocycles. The first-order chi connectivity index (χ1) is 9.70. The number of nitrogens with one attached hydrogen (secondary N) is 3. The molecule has 0 spiro atoms. The molecule has 3 N–H and O–H groups in total. The molecule has 20 heavy (non-hydrogen) atoms. The summed E-state index contributed by atoms with van der Waals surface area (Å²) in [6.07, 6.45) is 2.34. The number of hydrogen-bond donors (Lipinski definition) is 3. The van der Waals surface area contributed by atoms with Crippen molar-refractivity contribution in [1.82, 2.24) is 10.2 Å². The maximum Gasteiger partial charge on any atom is 0.272 e. The van der Waals surface area contributed by atoms with Gasteiger partial charge in [-0.3, -0.25) is 19.8 Å². The van der Waals surface area contributed by atoms with Crippen LogP contribution in [-0.2, 0) is 4.74 Å². The van der Waals surface area contributed by atoms with Crippen LogP contribution < -0.4 is 16.4 Å². The summed E-state index contributed by atoms with van der Waals surface area (Å²) in [6, 6.07) is 5.42. The molecule has 0 bridgehead atoms. The molecule has 0 radical (unpaired) electrons. The van der Waals surface area contributed by atoms with Gasteiger partial charge in [-0.15, -0.1) is 0 Å². The summed E-state index contributed by atoms with van der Waals surface area (Å²) in [7, 11) is 1.66. The van der Waals surface area contributed by atoms with E-state index in [9.17, 15) is 9.59 Å². The Kier molecular flexibility index (Phi) is 3.31. The minimum Gasteiger partial charge on any atom is -0.383 e. The Morgan fingerprint density at radius 1 is 1.30 bits per heavy atom. The van der Waals surface area contributed by atoms with Crippen LogP contribution in [0.2, 0.25) is 0 Å². The summed E-state index contributed by atoms with van der Waals surface area (Å²) < 4.78 is 5.23. The largest absolute Gasteiger partial charge is 0.383 e. The predicted octanol–water partition coefficient (Wildman–Crippen LogP) is 1.05. The highest BCUT2D eigenvalue weighted by atomic mass is 16.5. The molecular weight excluding hydrogens is 258 g/mol. The molecule has 1 heterocycles. The normalized spacial score (nSPS) is 16.2. The number of aromatic nitrogens is 2. The van der Waals surface area contributed by atoms with Gasteiger partial charge >= 0.3 is 0 Å². The monoisotopic (exact) mass is 275 g/mol. The van der Waals surface area contributed by atoms with Crippen LogP contribution in [0.4, 0.5) is 5.69 Å². The van der Waals surface area contributed by atoms with Crippen LogP contribution in [0.25, 0.3) is 10.8 Å². The Morgan fingerprint density at radius 3 is 2.75 bits per heavy atom. The molecular formula is C14H17N3O3. The third-order valence-electron chi connectivity index (χ3n) is 3.70. The van der Waals surface area contributed by atoms with Crippen LogP contribution in [0.5, 0.6) is 0 Å². The number of aromatic amines is 2. The summed E-state index contributed by atoms with van der Waals surface area (Å²) in [5.74, 6) is 0.575. The number of anilines is 1. The van der Waals surface area contributed by atoms with E-state index < -0.39 is 0 Å². The molecule has 3 rings (SSSR count). The summed E-state index contributed by atoms with van der Waals surface area (Å²) in [4.78, 5) is 23.7. The number of ether oxygens (including phenoxy) is 1. The van der Waals surface area contributed by atoms with Gasteiger partial charge in [-0.25, -0.2) is 0 Å². The van der Waals surface area contributed by atoms with Crippen molar-refractivity contribution in [3.8, 4) is 0 Å². The molecule has 0 amide bonds. The van der Waals surface area contributed by atoms with Gasteiger partial charge in [0.1, 0.15) is 0 Å². The van der Waals surface area contributed by atoms with Crippen LogP contribution >= 0.6 is 0 Å². The van der Waals surface area contributed by atoms with E-state index >= 15 is 0 Å². The minimum absolute atomic E-state index is 0.171. The number of benzene rings is 1. The average Bonchev–Trinajstić information content (AvgIpc) is 3.27. The smallest absolute Gasteiger partial charge is 0.272 e. The van der Waals surface area contributed by atoms with Crippen molar-refractivity contribution in [2.45, 2.75) is 18.9 Å². The second-order valence-corrected chi connectivity index (χ2v) is 5.18. The Balaban J connectivity index is 2.05. The van der Waals surface area contributed by atoms with E-state index in [0.717, 1.165) is 0 Å². The van der Waals surface area contributed by atoms with E-state index in [1.165, 1.54) is 12.8 Å². The van der Waals surface area contributed by atoms with Crippen LogP contribution in [0.3, 0.4) is 0 Å². The van der Waals surface area contributed by atoms with Crippen molar-refractivity contribution in [2.75, 3.05) is 19.0 Å². The van der Waals surface area contributed by atoms with E-state index in [-0.39, 0.29) is 17.2 Å². The summed E-state index contributed by atoms with van der Waals surface area (Å²) in [5.41, 5.74) is 0.0939. The summed E-state index contributed by atoms with van der Waals surface area (Å²) in [6.45, 7) is 0.585. The summed E-state index contributed by atoms with van der Waals surface area (Å²) >= 11 is 0. The molecule has 6 heteroatoms. The van der Waals surface area contributed by atoms with Gasteiger partial charge in [0.2, 0.25) is 0 Å². The Bertz CT molecular complexity index is 730. The van der Waals surface area contributed by atoms with Crippen molar-refractivity contribution in [3.05, 3.63) is 38.9 Å². The van der Waals surface area contributed by atoms with Gasteiger partial charge in [-0.2, -0.15) is 0 Å². The van der Waals surface area contributed by atoms with Gasteiger partial charge in [-0.1, -0.05) is 6.07 Å². The van der Waals surface area contributed by atoms with Crippen LogP contribution in [0, 0.1) is 5.92 Å². The highest BCUT2D eigenvalue weighted by Gasteiger charge is 2.31. The predicted molar refractivity (Wildman–Crippen MR) is 77.2 cm³/mol. The van der Waals surface area contributed by atoms with E-state index in [1.807, 2.05) is 6.07 Å². The quantitative estimate of drug-likeness (QED) is 0.761. The van der Waals surface area contributed by atoms with Gasteiger partial charge in [0, 0.05) is 12.8 Å². The third-order valence-corrected chi connectivity index (χ3v) is 3.70. The Hall–Kier alpha value is -2.08. The number of methoxy groups -OCH3 is 1. The topological polar surface area (TPSA) is 87.0 Å². The molecule has 106 valence electrons. The molecule has 1 fully saturated rings. The minimum atomic E-state index is -0.297. The van der Waals surface area contributed by atoms with E-state index in [0.29, 0.717) is 29.0 Å². The lowest BCUT2D eigenvalue weighted by Crippen LogP contribution is -2.28. The zero-order valence-corrected chi connectivity index (χ0v) is 11.2. The molecule has 6 nitrogen and oxygen atoms in total. The number of hydrogen-bond acceptors (Lipinski definition) is 4. The van der Waals surface area contributed by atoms with Crippen molar-refractivity contribution in [3.63, 3.8) is 0 Å². The third kappa shape index (κ3) is 2.34. The lowest BCUT2D eigenvalue weighted by atomic mass is 10.1. The van der Waals surface area contributed by atoms with Crippen LogP contribution in [0.1, 0.15) is 12.8 Å². The SMILES string of the molecule is COCC(Nc1cccc2c(=O)[nH][nH]c(=O)c12)C1CC1. The number of rotatable bonds is 5. The Morgan fingerprint density at radius 2 is 2.05 bits per heavy atom. The first-order valence-corrected chi connectivity index (χ1v) is 6.70. The zero-order valence-electron chi connectivity index (χ0n) is 11.2. The van der Waals surface area contributed by atoms with Crippen molar-refractivity contribution in [2.24, 2.45) is 5.92 Å². The molecule has 1 atom stereocenters. The molecule has 1 aromatic heterocycles. The molecule has 1 unspecified atom stereocenters. The van der Waals surface area contributed by atoms with E-state index in [1.54, 1.807) is 19.2 Å².